The number of benzene rings is 1. The van der Waals surface area contributed by atoms with Crippen LogP contribution >= 0.6 is 11.6 Å². The van der Waals surface area contributed by atoms with Crippen molar-refractivity contribution < 1.29 is 0 Å². The number of nitrogens with zero attached hydrogens (tertiary/aromatic N) is 4. The molecule has 2 aromatic heterocycles. The maximum absolute atomic E-state index is 5.75. The molecule has 3 rings (SSSR count). The van der Waals surface area contributed by atoms with E-state index < -0.39 is 0 Å². The summed E-state index contributed by atoms with van der Waals surface area (Å²) in [4.78, 5) is 8.55. The van der Waals surface area contributed by atoms with Crippen LogP contribution in [0.5, 0.6) is 0 Å². The predicted octanol–water partition coefficient (Wildman–Crippen LogP) is 3.28. The zero-order valence-corrected chi connectivity index (χ0v) is 12.5. The maximum Gasteiger partial charge on any atom is 0.163 e. The summed E-state index contributed by atoms with van der Waals surface area (Å²) in [5, 5.41) is 8.46. The second kappa shape index (κ2) is 6.10. The Bertz CT molecular complexity index is 753. The van der Waals surface area contributed by atoms with Gasteiger partial charge in [-0.25, -0.2) is 9.97 Å². The van der Waals surface area contributed by atoms with Crippen molar-refractivity contribution in [2.45, 2.75) is 12.8 Å². The van der Waals surface area contributed by atoms with Crippen LogP contribution in [0, 0.1) is 0 Å². The van der Waals surface area contributed by atoms with Gasteiger partial charge < -0.3 is 5.32 Å². The number of halogens is 1. The summed E-state index contributed by atoms with van der Waals surface area (Å²) in [6.07, 6.45) is 5.27. The van der Waals surface area contributed by atoms with Gasteiger partial charge in [0.2, 0.25) is 0 Å². The molecule has 1 N–H and O–H groups in total. The van der Waals surface area contributed by atoms with Crippen molar-refractivity contribution in [1.29, 1.82) is 0 Å². The zero-order valence-electron chi connectivity index (χ0n) is 11.8. The molecule has 0 spiro atoms. The third-order valence-corrected chi connectivity index (χ3v) is 3.59. The highest BCUT2D eigenvalue weighted by atomic mass is 35.5. The fourth-order valence-electron chi connectivity index (χ4n) is 2.27. The molecule has 21 heavy (non-hydrogen) atoms. The van der Waals surface area contributed by atoms with E-state index in [2.05, 4.69) is 32.5 Å². The first-order chi connectivity index (χ1) is 10.3. The van der Waals surface area contributed by atoms with Crippen LogP contribution in [0.25, 0.3) is 11.0 Å². The third kappa shape index (κ3) is 2.97. The van der Waals surface area contributed by atoms with E-state index in [1.165, 1.54) is 5.56 Å². The maximum atomic E-state index is 5.75. The Morgan fingerprint density at radius 1 is 1.29 bits per heavy atom. The highest BCUT2D eigenvalue weighted by molar-refractivity contribution is 6.17. The SMILES string of the molecule is Cn1ncc2c(Nc3cccc(CCCCl)c3)ncnc21. The molecule has 108 valence electrons. The van der Waals surface area contributed by atoms with Crippen molar-refractivity contribution in [3.05, 3.63) is 42.4 Å². The number of hydrogen-bond donors (Lipinski definition) is 1. The third-order valence-electron chi connectivity index (χ3n) is 3.32. The smallest absolute Gasteiger partial charge is 0.163 e. The van der Waals surface area contributed by atoms with Gasteiger partial charge in [-0.2, -0.15) is 5.10 Å². The molecule has 0 amide bonds. The highest BCUT2D eigenvalue weighted by Crippen LogP contribution is 2.23. The van der Waals surface area contributed by atoms with E-state index in [1.807, 2.05) is 19.2 Å². The number of fused-ring (bicyclic) bond motifs is 1. The molecule has 0 fully saturated rings. The molecule has 2 heterocycles. The van der Waals surface area contributed by atoms with Crippen molar-refractivity contribution in [2.75, 3.05) is 11.2 Å². The Hall–Kier alpha value is -2.14. The summed E-state index contributed by atoms with van der Waals surface area (Å²) in [6, 6.07) is 8.29. The second-order valence-electron chi connectivity index (χ2n) is 4.85. The Kier molecular flexibility index (Phi) is 4.01. The molecule has 6 heteroatoms. The number of nitrogens with one attached hydrogen (secondary N) is 1. The highest BCUT2D eigenvalue weighted by Gasteiger charge is 2.08. The standard InChI is InChI=1S/C15H16ClN5/c1-21-15-13(9-19-21)14(17-10-18-15)20-12-6-2-4-11(8-12)5-3-7-16/h2,4,6,8-10H,3,5,7H2,1H3,(H,17,18,20). The summed E-state index contributed by atoms with van der Waals surface area (Å²) < 4.78 is 1.74. The van der Waals surface area contributed by atoms with E-state index >= 15 is 0 Å². The molecular formula is C15H16ClN5. The van der Waals surface area contributed by atoms with Crippen LogP contribution in [0.3, 0.4) is 0 Å². The van der Waals surface area contributed by atoms with Crippen molar-refractivity contribution in [3.8, 4) is 0 Å². The van der Waals surface area contributed by atoms with Gasteiger partial charge in [0.25, 0.3) is 0 Å². The van der Waals surface area contributed by atoms with Gasteiger partial charge in [0.15, 0.2) is 5.65 Å². The molecule has 0 saturated carbocycles. The van der Waals surface area contributed by atoms with Crippen LogP contribution in [0.1, 0.15) is 12.0 Å². The van der Waals surface area contributed by atoms with Gasteiger partial charge in [-0.1, -0.05) is 12.1 Å². The largest absolute Gasteiger partial charge is 0.340 e. The summed E-state index contributed by atoms with van der Waals surface area (Å²) in [6.45, 7) is 0. The first kappa shape index (κ1) is 13.8. The van der Waals surface area contributed by atoms with E-state index in [0.29, 0.717) is 5.88 Å². The fourth-order valence-corrected chi connectivity index (χ4v) is 2.41. The van der Waals surface area contributed by atoms with Gasteiger partial charge in [0, 0.05) is 18.6 Å². The molecular weight excluding hydrogens is 286 g/mol. The van der Waals surface area contributed by atoms with Crippen LogP contribution in [-0.4, -0.2) is 25.6 Å². The van der Waals surface area contributed by atoms with Gasteiger partial charge in [0.1, 0.15) is 12.1 Å². The van der Waals surface area contributed by atoms with Gasteiger partial charge in [-0.15, -0.1) is 11.6 Å². The lowest BCUT2D eigenvalue weighted by atomic mass is 10.1. The Labute approximate surface area is 128 Å². The van der Waals surface area contributed by atoms with Crippen molar-refractivity contribution in [2.24, 2.45) is 7.05 Å². The van der Waals surface area contributed by atoms with Gasteiger partial charge in [-0.3, -0.25) is 4.68 Å². The van der Waals surface area contributed by atoms with Crippen LogP contribution in [0.2, 0.25) is 0 Å². The predicted molar refractivity (Wildman–Crippen MR) is 85.1 cm³/mol. The zero-order chi connectivity index (χ0) is 14.7. The van der Waals surface area contributed by atoms with E-state index in [-0.39, 0.29) is 0 Å². The first-order valence-electron chi connectivity index (χ1n) is 6.82. The summed E-state index contributed by atoms with van der Waals surface area (Å²) in [7, 11) is 1.87. The number of alkyl halides is 1. The number of hydrogen-bond acceptors (Lipinski definition) is 4. The Morgan fingerprint density at radius 2 is 2.19 bits per heavy atom. The van der Waals surface area contributed by atoms with E-state index in [4.69, 9.17) is 11.6 Å². The molecule has 0 aliphatic heterocycles. The van der Waals surface area contributed by atoms with E-state index in [9.17, 15) is 0 Å². The minimum Gasteiger partial charge on any atom is -0.340 e. The molecule has 3 aromatic rings. The van der Waals surface area contributed by atoms with Crippen molar-refractivity contribution in [1.82, 2.24) is 19.7 Å². The Balaban J connectivity index is 1.88. The number of anilines is 2. The average Bonchev–Trinajstić information content (AvgIpc) is 2.88. The molecule has 0 unspecified atom stereocenters. The molecule has 1 aromatic carbocycles. The van der Waals surface area contributed by atoms with Crippen molar-refractivity contribution >= 4 is 34.1 Å². The minimum atomic E-state index is 0.680. The lowest BCUT2D eigenvalue weighted by Crippen LogP contribution is -1.98. The van der Waals surface area contributed by atoms with Crippen LogP contribution < -0.4 is 5.32 Å². The molecule has 0 aliphatic carbocycles. The summed E-state index contributed by atoms with van der Waals surface area (Å²) in [5.41, 5.74) is 3.08. The van der Waals surface area contributed by atoms with Crippen LogP contribution in [-0.2, 0) is 13.5 Å². The monoisotopic (exact) mass is 301 g/mol. The molecule has 0 aliphatic rings. The van der Waals surface area contributed by atoms with Gasteiger partial charge in [-0.05, 0) is 30.5 Å². The summed E-state index contributed by atoms with van der Waals surface area (Å²) in [5.74, 6) is 1.45. The lowest BCUT2D eigenvalue weighted by Gasteiger charge is -2.08. The van der Waals surface area contributed by atoms with Crippen LogP contribution in [0.4, 0.5) is 11.5 Å². The van der Waals surface area contributed by atoms with Crippen molar-refractivity contribution in [3.63, 3.8) is 0 Å². The summed E-state index contributed by atoms with van der Waals surface area (Å²) >= 11 is 5.75. The molecule has 0 saturated heterocycles. The number of rotatable bonds is 5. The van der Waals surface area contributed by atoms with Gasteiger partial charge in [0.05, 0.1) is 11.6 Å². The molecule has 0 radical (unpaired) electrons. The van der Waals surface area contributed by atoms with E-state index in [0.717, 1.165) is 35.4 Å². The van der Waals surface area contributed by atoms with E-state index in [1.54, 1.807) is 17.2 Å². The quantitative estimate of drug-likeness (QED) is 0.735. The molecule has 0 bridgehead atoms. The topological polar surface area (TPSA) is 55.6 Å². The van der Waals surface area contributed by atoms with Gasteiger partial charge >= 0.3 is 0 Å². The molecule has 5 nitrogen and oxygen atoms in total. The lowest BCUT2D eigenvalue weighted by molar-refractivity contribution is 0.785. The Morgan fingerprint density at radius 3 is 3.05 bits per heavy atom. The number of aromatic nitrogens is 4. The van der Waals surface area contributed by atoms with Crippen LogP contribution in [0.15, 0.2) is 36.8 Å². The minimum absolute atomic E-state index is 0.680. The fraction of sp³-hybridized carbons (Fsp3) is 0.267. The normalized spacial score (nSPS) is 11.0. The second-order valence-corrected chi connectivity index (χ2v) is 5.22. The first-order valence-corrected chi connectivity index (χ1v) is 7.36. The number of aryl methyl sites for hydroxylation is 2. The molecule has 0 atom stereocenters. The average molecular weight is 302 g/mol.